The van der Waals surface area contributed by atoms with Gasteiger partial charge < -0.3 is 9.64 Å². The maximum Gasteiger partial charge on any atom is 0.156 e. The molecule has 1 aliphatic rings. The molecule has 1 aliphatic heterocycles. The Hall–Kier alpha value is -1.37. The lowest BCUT2D eigenvalue weighted by molar-refractivity contribution is 0.172. The highest BCUT2D eigenvalue weighted by atomic mass is 31.1. The van der Waals surface area contributed by atoms with Crippen LogP contribution < -0.4 is 15.5 Å². The van der Waals surface area contributed by atoms with E-state index in [0.29, 0.717) is 0 Å². The van der Waals surface area contributed by atoms with Crippen LogP contribution in [0.2, 0.25) is 0 Å². The van der Waals surface area contributed by atoms with E-state index < -0.39 is 7.92 Å². The molecule has 3 heteroatoms. The first-order valence-corrected chi connectivity index (χ1v) is 7.43. The first-order valence-electron chi connectivity index (χ1n) is 6.02. The Kier molecular flexibility index (Phi) is 3.07. The summed E-state index contributed by atoms with van der Waals surface area (Å²) in [6.45, 7) is 0. The molecule has 0 amide bonds. The van der Waals surface area contributed by atoms with E-state index in [-0.39, 0.29) is 5.97 Å². The number of hydrogen-bond donors (Lipinski definition) is 0. The smallest absolute Gasteiger partial charge is 0.156 e. The molecular formula is C15H16NOP. The highest BCUT2D eigenvalue weighted by Gasteiger charge is 2.37. The Bertz CT molecular complexity index is 543. The van der Waals surface area contributed by atoms with Gasteiger partial charge in [-0.2, -0.15) is 0 Å². The van der Waals surface area contributed by atoms with Gasteiger partial charge in [0.05, 0.1) is 0 Å². The van der Waals surface area contributed by atoms with Crippen molar-refractivity contribution in [1.82, 2.24) is 0 Å². The van der Waals surface area contributed by atoms with Crippen molar-refractivity contribution >= 4 is 24.2 Å². The Morgan fingerprint density at radius 3 is 2.39 bits per heavy atom. The Morgan fingerprint density at radius 1 is 1.00 bits per heavy atom. The Morgan fingerprint density at radius 2 is 1.67 bits per heavy atom. The number of fused-ring (bicyclic) bond motifs is 1. The van der Waals surface area contributed by atoms with E-state index in [1.54, 1.807) is 7.11 Å². The molecule has 0 spiro atoms. The molecule has 0 saturated heterocycles. The summed E-state index contributed by atoms with van der Waals surface area (Å²) in [5.74, 6) is 0.139. The fourth-order valence-corrected chi connectivity index (χ4v) is 5.17. The van der Waals surface area contributed by atoms with Crippen LogP contribution in [-0.4, -0.2) is 20.1 Å². The summed E-state index contributed by atoms with van der Waals surface area (Å²) in [7, 11) is 3.45. The van der Waals surface area contributed by atoms with Gasteiger partial charge in [-0.3, -0.25) is 0 Å². The predicted molar refractivity (Wildman–Crippen MR) is 78.3 cm³/mol. The largest absolute Gasteiger partial charge is 0.357 e. The second-order valence-corrected chi connectivity index (χ2v) is 6.55. The Balaban J connectivity index is 2.13. The molecule has 1 unspecified atom stereocenters. The summed E-state index contributed by atoms with van der Waals surface area (Å²) in [5.41, 5.74) is 1.29. The number of rotatable bonds is 2. The maximum atomic E-state index is 5.73. The van der Waals surface area contributed by atoms with Gasteiger partial charge in [0.15, 0.2) is 5.97 Å². The van der Waals surface area contributed by atoms with Crippen molar-refractivity contribution in [3.8, 4) is 0 Å². The van der Waals surface area contributed by atoms with E-state index in [4.69, 9.17) is 4.74 Å². The summed E-state index contributed by atoms with van der Waals surface area (Å²) in [6, 6.07) is 19.3. The van der Waals surface area contributed by atoms with Gasteiger partial charge in [-0.15, -0.1) is 0 Å². The van der Waals surface area contributed by atoms with Gasteiger partial charge >= 0.3 is 0 Å². The molecule has 0 saturated carbocycles. The number of anilines is 1. The second-order valence-electron chi connectivity index (χ2n) is 4.37. The first kappa shape index (κ1) is 11.7. The third kappa shape index (κ3) is 1.73. The van der Waals surface area contributed by atoms with Crippen molar-refractivity contribution in [3.63, 3.8) is 0 Å². The minimum Gasteiger partial charge on any atom is -0.357 e. The fraction of sp³-hybridized carbons (Fsp3) is 0.200. The second kappa shape index (κ2) is 4.72. The van der Waals surface area contributed by atoms with E-state index in [1.165, 1.54) is 16.3 Å². The molecule has 92 valence electrons. The van der Waals surface area contributed by atoms with Gasteiger partial charge in [-0.25, -0.2) is 0 Å². The van der Waals surface area contributed by atoms with Crippen LogP contribution in [0.25, 0.3) is 0 Å². The fourth-order valence-electron chi connectivity index (χ4n) is 2.50. The number of methoxy groups -OCH3 is 1. The van der Waals surface area contributed by atoms with Crippen LogP contribution in [0, 0.1) is 0 Å². The summed E-state index contributed by atoms with van der Waals surface area (Å²) < 4.78 is 5.73. The van der Waals surface area contributed by atoms with Crippen LogP contribution >= 0.6 is 7.92 Å². The number of nitrogens with zero attached hydrogens (tertiary/aromatic N) is 1. The van der Waals surface area contributed by atoms with Gasteiger partial charge in [-0.1, -0.05) is 48.5 Å². The molecule has 18 heavy (non-hydrogen) atoms. The number of para-hydroxylation sites is 1. The summed E-state index contributed by atoms with van der Waals surface area (Å²) >= 11 is 0. The van der Waals surface area contributed by atoms with Crippen LogP contribution in [0.1, 0.15) is 0 Å². The average molecular weight is 257 g/mol. The molecule has 3 rings (SSSR count). The topological polar surface area (TPSA) is 12.5 Å². The zero-order valence-electron chi connectivity index (χ0n) is 10.6. The predicted octanol–water partition coefficient (Wildman–Crippen LogP) is 2.50. The molecule has 1 heterocycles. The third-order valence-corrected chi connectivity index (χ3v) is 6.07. The summed E-state index contributed by atoms with van der Waals surface area (Å²) in [4.78, 5) is 2.24. The van der Waals surface area contributed by atoms with Crippen molar-refractivity contribution in [2.45, 2.75) is 5.97 Å². The number of hydrogen-bond acceptors (Lipinski definition) is 2. The normalized spacial score (nSPS) is 22.0. The SMILES string of the molecule is CO[C@@H]1N(C)c2ccccc2P1c1ccccc1. The molecule has 0 radical (unpaired) electrons. The Labute approximate surface area is 109 Å². The van der Waals surface area contributed by atoms with Gasteiger partial charge in [0.2, 0.25) is 0 Å². The number of benzene rings is 2. The van der Waals surface area contributed by atoms with Crippen molar-refractivity contribution < 1.29 is 4.74 Å². The summed E-state index contributed by atoms with van der Waals surface area (Å²) in [6.07, 6.45) is 0. The molecule has 2 aromatic carbocycles. The van der Waals surface area contributed by atoms with E-state index in [9.17, 15) is 0 Å². The number of ether oxygens (including phenoxy) is 1. The molecule has 2 atom stereocenters. The molecule has 0 fully saturated rings. The quantitative estimate of drug-likeness (QED) is 0.766. The van der Waals surface area contributed by atoms with Crippen molar-refractivity contribution in [2.75, 3.05) is 19.1 Å². The van der Waals surface area contributed by atoms with Gasteiger partial charge in [0.1, 0.15) is 0 Å². The third-order valence-electron chi connectivity index (χ3n) is 3.32. The molecule has 0 aliphatic carbocycles. The minimum absolute atomic E-state index is 0.139. The van der Waals surface area contributed by atoms with Crippen LogP contribution in [-0.2, 0) is 4.74 Å². The van der Waals surface area contributed by atoms with E-state index in [2.05, 4.69) is 66.5 Å². The maximum absolute atomic E-state index is 5.73. The van der Waals surface area contributed by atoms with Gasteiger partial charge in [-0.05, 0) is 11.4 Å². The van der Waals surface area contributed by atoms with Crippen molar-refractivity contribution in [3.05, 3.63) is 54.6 Å². The van der Waals surface area contributed by atoms with Crippen LogP contribution in [0.3, 0.4) is 0 Å². The molecular weight excluding hydrogens is 241 g/mol. The van der Waals surface area contributed by atoms with Gasteiger partial charge in [0.25, 0.3) is 0 Å². The standard InChI is InChI=1S/C15H16NOP/c1-16-13-10-6-7-11-14(13)18(15(16)17-2)12-8-4-3-5-9-12/h3-11,15H,1-2H3/t15-,18?/m0/s1. The lowest BCUT2D eigenvalue weighted by Gasteiger charge is -2.25. The monoisotopic (exact) mass is 257 g/mol. The van der Waals surface area contributed by atoms with Crippen LogP contribution in [0.5, 0.6) is 0 Å². The van der Waals surface area contributed by atoms with Gasteiger partial charge in [0, 0.05) is 33.1 Å². The highest BCUT2D eigenvalue weighted by Crippen LogP contribution is 2.49. The molecule has 0 bridgehead atoms. The minimum atomic E-state index is -0.455. The highest BCUT2D eigenvalue weighted by molar-refractivity contribution is 7.74. The molecule has 0 N–H and O–H groups in total. The van der Waals surface area contributed by atoms with E-state index >= 15 is 0 Å². The molecule has 2 aromatic rings. The van der Waals surface area contributed by atoms with E-state index in [0.717, 1.165) is 0 Å². The van der Waals surface area contributed by atoms with Crippen LogP contribution in [0.15, 0.2) is 54.6 Å². The van der Waals surface area contributed by atoms with Crippen LogP contribution in [0.4, 0.5) is 5.69 Å². The zero-order chi connectivity index (χ0) is 12.5. The molecule has 0 aromatic heterocycles. The first-order chi connectivity index (χ1) is 8.83. The zero-order valence-corrected chi connectivity index (χ0v) is 11.5. The molecule has 2 nitrogen and oxygen atoms in total. The lowest BCUT2D eigenvalue weighted by Crippen LogP contribution is -2.29. The van der Waals surface area contributed by atoms with E-state index in [1.807, 2.05) is 0 Å². The summed E-state index contributed by atoms with van der Waals surface area (Å²) in [5, 5.41) is 2.78. The van der Waals surface area contributed by atoms with Crippen molar-refractivity contribution in [2.24, 2.45) is 0 Å². The lowest BCUT2D eigenvalue weighted by atomic mass is 10.3. The van der Waals surface area contributed by atoms with Crippen molar-refractivity contribution in [1.29, 1.82) is 0 Å². The average Bonchev–Trinajstić information content (AvgIpc) is 2.73.